The number of benzene rings is 2. The molecule has 0 heterocycles. The van der Waals surface area contributed by atoms with Crippen molar-refractivity contribution in [2.45, 2.75) is 41.7 Å². The van der Waals surface area contributed by atoms with Gasteiger partial charge in [-0.05, 0) is 47.4 Å². The van der Waals surface area contributed by atoms with Gasteiger partial charge in [-0.2, -0.15) is 17.2 Å². The summed E-state index contributed by atoms with van der Waals surface area (Å²) in [6, 6.07) is 9.93. The van der Waals surface area contributed by atoms with Crippen molar-refractivity contribution in [2.75, 3.05) is 0 Å². The van der Waals surface area contributed by atoms with Crippen molar-refractivity contribution in [1.29, 1.82) is 0 Å². The van der Waals surface area contributed by atoms with E-state index in [4.69, 9.17) is 4.18 Å². The Morgan fingerprint density at radius 3 is 1.69 bits per heavy atom. The zero-order valence-electron chi connectivity index (χ0n) is 14.3. The van der Waals surface area contributed by atoms with Crippen LogP contribution < -0.4 is 4.18 Å². The van der Waals surface area contributed by atoms with Crippen molar-refractivity contribution in [3.05, 3.63) is 54.1 Å². The molecule has 0 unspecified atom stereocenters. The molecule has 0 aromatic heterocycles. The summed E-state index contributed by atoms with van der Waals surface area (Å²) in [6.45, 7) is 6.03. The summed E-state index contributed by atoms with van der Waals surface area (Å²) in [5, 5.41) is 0. The average molecular weight is 404 g/mol. The van der Waals surface area contributed by atoms with Crippen LogP contribution in [0.4, 0.5) is 8.78 Å². The number of alkyl halides is 2. The molecule has 0 radical (unpaired) electrons. The first-order valence-electron chi connectivity index (χ1n) is 7.51. The Bertz CT molecular complexity index is 973. The van der Waals surface area contributed by atoms with E-state index in [1.54, 1.807) is 12.1 Å². The highest BCUT2D eigenvalue weighted by Gasteiger charge is 2.27. The quantitative estimate of drug-likeness (QED) is 0.710. The Kier molecular flexibility index (Phi) is 5.44. The molecule has 0 bridgehead atoms. The van der Waals surface area contributed by atoms with E-state index >= 15 is 0 Å². The Labute approximate surface area is 151 Å². The van der Waals surface area contributed by atoms with Crippen molar-refractivity contribution in [3.63, 3.8) is 0 Å². The van der Waals surface area contributed by atoms with Gasteiger partial charge in [0.25, 0.3) is 0 Å². The molecule has 0 atom stereocenters. The number of hydrogen-bond acceptors (Lipinski definition) is 5. The van der Waals surface area contributed by atoms with Gasteiger partial charge in [0.15, 0.2) is 0 Å². The van der Waals surface area contributed by atoms with Crippen molar-refractivity contribution in [1.82, 2.24) is 0 Å². The third-order valence-corrected chi connectivity index (χ3v) is 6.26. The highest BCUT2D eigenvalue weighted by molar-refractivity contribution is 7.91. The standard InChI is InChI=1S/C17H18F2O5S2/c1-17(2,3)12-4-6-13(7-5-12)24-26(22,23)15-10-8-14(9-11-15)25(20,21)16(18)19/h4-11,16H,1-3H3. The summed E-state index contributed by atoms with van der Waals surface area (Å²) >= 11 is 0. The normalized spacial score (nSPS) is 13.0. The van der Waals surface area contributed by atoms with Gasteiger partial charge >= 0.3 is 15.9 Å². The van der Waals surface area contributed by atoms with Crippen LogP contribution in [0.1, 0.15) is 26.3 Å². The molecule has 0 amide bonds. The van der Waals surface area contributed by atoms with E-state index in [0.29, 0.717) is 0 Å². The van der Waals surface area contributed by atoms with Crippen LogP contribution in [0.3, 0.4) is 0 Å². The van der Waals surface area contributed by atoms with Crippen LogP contribution in [0, 0.1) is 0 Å². The van der Waals surface area contributed by atoms with Crippen LogP contribution in [0.25, 0.3) is 0 Å². The smallest absolute Gasteiger partial charge is 0.341 e. The van der Waals surface area contributed by atoms with Crippen LogP contribution in [-0.4, -0.2) is 22.6 Å². The van der Waals surface area contributed by atoms with Crippen molar-refractivity contribution < 1.29 is 29.8 Å². The first-order chi connectivity index (χ1) is 11.8. The summed E-state index contributed by atoms with van der Waals surface area (Å²) in [7, 11) is -9.01. The third-order valence-electron chi connectivity index (χ3n) is 3.60. The van der Waals surface area contributed by atoms with Gasteiger partial charge in [-0.3, -0.25) is 0 Å². The monoisotopic (exact) mass is 404 g/mol. The maximum Gasteiger partial charge on any atom is 0.341 e. The lowest BCUT2D eigenvalue weighted by atomic mass is 9.87. The lowest BCUT2D eigenvalue weighted by molar-refractivity contribution is 0.234. The molecular weight excluding hydrogens is 386 g/mol. The van der Waals surface area contributed by atoms with Gasteiger partial charge in [0, 0.05) is 0 Å². The van der Waals surface area contributed by atoms with E-state index < -0.39 is 30.6 Å². The van der Waals surface area contributed by atoms with Gasteiger partial charge in [0.1, 0.15) is 10.6 Å². The number of rotatable bonds is 5. The molecule has 0 aliphatic carbocycles. The van der Waals surface area contributed by atoms with Crippen LogP contribution in [0.5, 0.6) is 5.75 Å². The minimum Gasteiger partial charge on any atom is -0.379 e. The molecular formula is C17H18F2O5S2. The summed E-state index contributed by atoms with van der Waals surface area (Å²) in [5.41, 5.74) is 0.882. The molecule has 0 aliphatic rings. The fraction of sp³-hybridized carbons (Fsp3) is 0.294. The maximum absolute atomic E-state index is 12.5. The molecule has 2 aromatic carbocycles. The second-order valence-electron chi connectivity index (χ2n) is 6.59. The van der Waals surface area contributed by atoms with Crippen molar-refractivity contribution in [3.8, 4) is 5.75 Å². The second kappa shape index (κ2) is 6.96. The predicted molar refractivity (Wildman–Crippen MR) is 92.6 cm³/mol. The zero-order valence-corrected chi connectivity index (χ0v) is 15.9. The van der Waals surface area contributed by atoms with E-state index in [1.165, 1.54) is 12.1 Å². The molecule has 9 heteroatoms. The minimum atomic E-state index is -4.79. The van der Waals surface area contributed by atoms with E-state index in [-0.39, 0.29) is 16.1 Å². The molecule has 0 saturated carbocycles. The predicted octanol–water partition coefficient (Wildman–Crippen LogP) is 3.75. The van der Waals surface area contributed by atoms with Crippen LogP contribution >= 0.6 is 0 Å². The molecule has 0 spiro atoms. The number of halogens is 2. The van der Waals surface area contributed by atoms with Crippen LogP contribution in [-0.2, 0) is 25.4 Å². The Morgan fingerprint density at radius 1 is 0.808 bits per heavy atom. The van der Waals surface area contributed by atoms with Gasteiger partial charge < -0.3 is 4.18 Å². The second-order valence-corrected chi connectivity index (χ2v) is 10.1. The Hall–Kier alpha value is -2.00. The highest BCUT2D eigenvalue weighted by atomic mass is 32.2. The van der Waals surface area contributed by atoms with Gasteiger partial charge in [-0.15, -0.1) is 0 Å². The number of hydrogen-bond donors (Lipinski definition) is 0. The molecule has 0 aliphatic heterocycles. The molecule has 5 nitrogen and oxygen atoms in total. The molecule has 2 aromatic rings. The summed E-state index contributed by atoms with van der Waals surface area (Å²) in [5.74, 6) is -3.50. The van der Waals surface area contributed by atoms with Crippen molar-refractivity contribution in [2.24, 2.45) is 0 Å². The lowest BCUT2D eigenvalue weighted by Gasteiger charge is -2.19. The minimum absolute atomic E-state index is 0.0854. The van der Waals surface area contributed by atoms with Gasteiger partial charge in [-0.1, -0.05) is 32.9 Å². The van der Waals surface area contributed by atoms with Gasteiger partial charge in [0.2, 0.25) is 9.84 Å². The topological polar surface area (TPSA) is 77.5 Å². The van der Waals surface area contributed by atoms with Crippen molar-refractivity contribution >= 4 is 20.0 Å². The molecule has 26 heavy (non-hydrogen) atoms. The Morgan fingerprint density at radius 2 is 1.27 bits per heavy atom. The lowest BCUT2D eigenvalue weighted by Crippen LogP contribution is -2.13. The molecule has 0 N–H and O–H groups in total. The fourth-order valence-electron chi connectivity index (χ4n) is 2.08. The van der Waals surface area contributed by atoms with E-state index in [1.807, 2.05) is 20.8 Å². The Balaban J connectivity index is 2.25. The maximum atomic E-state index is 12.5. The van der Waals surface area contributed by atoms with Crippen LogP contribution in [0.15, 0.2) is 58.3 Å². The third kappa shape index (κ3) is 4.39. The van der Waals surface area contributed by atoms with E-state index in [9.17, 15) is 25.6 Å². The molecule has 2 rings (SSSR count). The molecule has 0 saturated heterocycles. The zero-order chi connectivity index (χ0) is 19.8. The first kappa shape index (κ1) is 20.3. The molecule has 0 fully saturated rings. The summed E-state index contributed by atoms with van der Waals surface area (Å²) in [4.78, 5) is -1.01. The largest absolute Gasteiger partial charge is 0.379 e. The highest BCUT2D eigenvalue weighted by Crippen LogP contribution is 2.26. The van der Waals surface area contributed by atoms with Gasteiger partial charge in [0.05, 0.1) is 4.90 Å². The first-order valence-corrected chi connectivity index (χ1v) is 10.5. The fourth-order valence-corrected chi connectivity index (χ4v) is 3.74. The van der Waals surface area contributed by atoms with E-state index in [2.05, 4.69) is 0 Å². The van der Waals surface area contributed by atoms with E-state index in [0.717, 1.165) is 29.8 Å². The SMILES string of the molecule is CC(C)(C)c1ccc(OS(=O)(=O)c2ccc(S(=O)(=O)C(F)F)cc2)cc1. The van der Waals surface area contributed by atoms with Gasteiger partial charge in [-0.25, -0.2) is 8.42 Å². The molecule has 142 valence electrons. The average Bonchev–Trinajstić information content (AvgIpc) is 2.54. The van der Waals surface area contributed by atoms with Crippen LogP contribution in [0.2, 0.25) is 0 Å². The number of sulfone groups is 1. The summed E-state index contributed by atoms with van der Waals surface area (Å²) < 4.78 is 77.3. The summed E-state index contributed by atoms with van der Waals surface area (Å²) in [6.07, 6.45) is 0.